The van der Waals surface area contributed by atoms with Gasteiger partial charge in [0.15, 0.2) is 5.13 Å². The van der Waals surface area contributed by atoms with Crippen molar-refractivity contribution >= 4 is 28.1 Å². The van der Waals surface area contributed by atoms with Gasteiger partial charge in [0.05, 0.1) is 18.8 Å². The Balaban J connectivity index is 2.50. The van der Waals surface area contributed by atoms with Gasteiger partial charge in [-0.15, -0.1) is 0 Å². The standard InChI is InChI=1S/C7H11ClN2OS/c1-2-5(4-11)10-7-9-3-6(8)12-7/h3,5,11H,2,4H2,1H3,(H,9,10)/t5-/m1/s1. The average Bonchev–Trinajstić information content (AvgIpc) is 2.47. The lowest BCUT2D eigenvalue weighted by molar-refractivity contribution is 0.272. The van der Waals surface area contributed by atoms with Gasteiger partial charge in [-0.2, -0.15) is 0 Å². The van der Waals surface area contributed by atoms with Crippen LogP contribution >= 0.6 is 22.9 Å². The number of nitrogens with one attached hydrogen (secondary N) is 1. The SMILES string of the molecule is CC[C@H](CO)Nc1ncc(Cl)s1. The van der Waals surface area contributed by atoms with Crippen molar-refractivity contribution in [2.75, 3.05) is 11.9 Å². The molecule has 0 aromatic carbocycles. The predicted octanol–water partition coefficient (Wildman–Crippen LogP) is 1.98. The van der Waals surface area contributed by atoms with Gasteiger partial charge >= 0.3 is 0 Å². The molecule has 0 saturated carbocycles. The monoisotopic (exact) mass is 206 g/mol. The first-order valence-electron chi connectivity index (χ1n) is 3.75. The molecule has 1 aromatic rings. The number of halogens is 1. The fraction of sp³-hybridized carbons (Fsp3) is 0.571. The lowest BCUT2D eigenvalue weighted by atomic mass is 10.2. The molecular weight excluding hydrogens is 196 g/mol. The molecule has 68 valence electrons. The predicted molar refractivity (Wildman–Crippen MR) is 51.9 cm³/mol. The van der Waals surface area contributed by atoms with Gasteiger partial charge in [0, 0.05) is 0 Å². The molecule has 0 fully saturated rings. The molecule has 5 heteroatoms. The van der Waals surface area contributed by atoms with Crippen LogP contribution in [0.2, 0.25) is 4.34 Å². The number of aromatic nitrogens is 1. The summed E-state index contributed by atoms with van der Waals surface area (Å²) in [6.45, 7) is 2.12. The molecule has 1 aromatic heterocycles. The van der Waals surface area contributed by atoms with Crippen LogP contribution in [0.5, 0.6) is 0 Å². The second kappa shape index (κ2) is 4.64. The number of rotatable bonds is 4. The summed E-state index contributed by atoms with van der Waals surface area (Å²) in [6.07, 6.45) is 2.46. The van der Waals surface area contributed by atoms with Crippen molar-refractivity contribution in [2.24, 2.45) is 0 Å². The minimum absolute atomic E-state index is 0.0761. The minimum atomic E-state index is 0.0761. The number of aliphatic hydroxyl groups is 1. The van der Waals surface area contributed by atoms with Crippen molar-refractivity contribution in [3.05, 3.63) is 10.5 Å². The molecule has 0 aliphatic heterocycles. The van der Waals surface area contributed by atoms with Crippen LogP contribution < -0.4 is 5.32 Å². The van der Waals surface area contributed by atoms with Gasteiger partial charge in [-0.1, -0.05) is 29.9 Å². The van der Waals surface area contributed by atoms with E-state index >= 15 is 0 Å². The Labute approximate surface area is 80.4 Å². The number of hydrogen-bond acceptors (Lipinski definition) is 4. The smallest absolute Gasteiger partial charge is 0.184 e. The first-order valence-corrected chi connectivity index (χ1v) is 4.94. The van der Waals surface area contributed by atoms with Crippen molar-refractivity contribution in [3.63, 3.8) is 0 Å². The van der Waals surface area contributed by atoms with Gasteiger partial charge in [-0.25, -0.2) is 4.98 Å². The highest BCUT2D eigenvalue weighted by molar-refractivity contribution is 7.19. The molecule has 1 heterocycles. The third-order valence-corrected chi connectivity index (χ3v) is 2.56. The Morgan fingerprint density at radius 2 is 2.58 bits per heavy atom. The van der Waals surface area contributed by atoms with Crippen molar-refractivity contribution < 1.29 is 5.11 Å². The maximum atomic E-state index is 8.88. The van der Waals surface area contributed by atoms with Crippen LogP contribution in [0.1, 0.15) is 13.3 Å². The van der Waals surface area contributed by atoms with Gasteiger partial charge in [0.25, 0.3) is 0 Å². The van der Waals surface area contributed by atoms with E-state index < -0.39 is 0 Å². The molecule has 1 rings (SSSR count). The van der Waals surface area contributed by atoms with Crippen molar-refractivity contribution in [1.82, 2.24) is 4.98 Å². The Morgan fingerprint density at radius 3 is 3.00 bits per heavy atom. The van der Waals surface area contributed by atoms with Gasteiger partial charge in [0.1, 0.15) is 4.34 Å². The second-order valence-corrected chi connectivity index (χ2v) is 4.06. The van der Waals surface area contributed by atoms with Crippen LogP contribution in [0.15, 0.2) is 6.20 Å². The van der Waals surface area contributed by atoms with Gasteiger partial charge < -0.3 is 10.4 Å². The average molecular weight is 207 g/mol. The summed E-state index contributed by atoms with van der Waals surface area (Å²) in [7, 11) is 0. The van der Waals surface area contributed by atoms with Gasteiger partial charge in [0.2, 0.25) is 0 Å². The number of aliphatic hydroxyl groups excluding tert-OH is 1. The van der Waals surface area contributed by atoms with Crippen LogP contribution in [0.3, 0.4) is 0 Å². The molecule has 0 bridgehead atoms. The first-order chi connectivity index (χ1) is 5.76. The van der Waals surface area contributed by atoms with E-state index in [0.29, 0.717) is 4.34 Å². The zero-order valence-electron chi connectivity index (χ0n) is 6.75. The summed E-state index contributed by atoms with van der Waals surface area (Å²) in [5.41, 5.74) is 0. The molecule has 3 nitrogen and oxygen atoms in total. The van der Waals surface area contributed by atoms with Gasteiger partial charge in [-0.05, 0) is 6.42 Å². The highest BCUT2D eigenvalue weighted by atomic mass is 35.5. The summed E-state index contributed by atoms with van der Waals surface area (Å²) >= 11 is 7.06. The van der Waals surface area contributed by atoms with E-state index in [1.54, 1.807) is 6.20 Å². The molecule has 0 amide bonds. The Hall–Kier alpha value is -0.320. The summed E-state index contributed by atoms with van der Waals surface area (Å²) in [5.74, 6) is 0. The van der Waals surface area contributed by atoms with Gasteiger partial charge in [-0.3, -0.25) is 0 Å². The largest absolute Gasteiger partial charge is 0.394 e. The fourth-order valence-corrected chi connectivity index (χ4v) is 1.66. The van der Waals surface area contributed by atoms with Crippen LogP contribution in [-0.4, -0.2) is 22.7 Å². The zero-order chi connectivity index (χ0) is 8.97. The molecule has 2 N–H and O–H groups in total. The topological polar surface area (TPSA) is 45.1 Å². The van der Waals surface area contributed by atoms with Crippen LogP contribution in [0.4, 0.5) is 5.13 Å². The van der Waals surface area contributed by atoms with E-state index in [1.165, 1.54) is 11.3 Å². The molecule has 0 spiro atoms. The molecular formula is C7H11ClN2OS. The number of anilines is 1. The van der Waals surface area contributed by atoms with Crippen molar-refractivity contribution in [1.29, 1.82) is 0 Å². The number of hydrogen-bond donors (Lipinski definition) is 2. The van der Waals surface area contributed by atoms with Crippen LogP contribution in [0.25, 0.3) is 0 Å². The Kier molecular flexibility index (Phi) is 3.78. The summed E-state index contributed by atoms with van der Waals surface area (Å²) in [6, 6.07) is 0.0761. The minimum Gasteiger partial charge on any atom is -0.394 e. The quantitative estimate of drug-likeness (QED) is 0.792. The molecule has 1 atom stereocenters. The van der Waals surface area contributed by atoms with Crippen LogP contribution in [-0.2, 0) is 0 Å². The lowest BCUT2D eigenvalue weighted by Gasteiger charge is -2.11. The van der Waals surface area contributed by atoms with E-state index in [4.69, 9.17) is 16.7 Å². The van der Waals surface area contributed by atoms with E-state index in [2.05, 4.69) is 10.3 Å². The van der Waals surface area contributed by atoms with E-state index in [-0.39, 0.29) is 12.6 Å². The summed E-state index contributed by atoms with van der Waals surface area (Å²) < 4.78 is 0.658. The Bertz CT molecular complexity index is 237. The Morgan fingerprint density at radius 1 is 1.83 bits per heavy atom. The normalized spacial score (nSPS) is 12.9. The first kappa shape index (κ1) is 9.77. The highest BCUT2D eigenvalue weighted by Crippen LogP contribution is 2.23. The van der Waals surface area contributed by atoms with E-state index in [0.717, 1.165) is 11.6 Å². The number of thiazole rings is 1. The summed E-state index contributed by atoms with van der Waals surface area (Å²) in [5, 5.41) is 12.7. The molecule has 0 saturated heterocycles. The molecule has 0 aliphatic rings. The molecule has 12 heavy (non-hydrogen) atoms. The zero-order valence-corrected chi connectivity index (χ0v) is 8.32. The van der Waals surface area contributed by atoms with E-state index in [9.17, 15) is 0 Å². The highest BCUT2D eigenvalue weighted by Gasteiger charge is 2.06. The molecule has 0 radical (unpaired) electrons. The molecule has 0 unspecified atom stereocenters. The summed E-state index contributed by atoms with van der Waals surface area (Å²) in [4.78, 5) is 4.02. The van der Waals surface area contributed by atoms with Crippen molar-refractivity contribution in [2.45, 2.75) is 19.4 Å². The van der Waals surface area contributed by atoms with Crippen molar-refractivity contribution in [3.8, 4) is 0 Å². The maximum Gasteiger partial charge on any atom is 0.184 e. The number of nitrogens with zero attached hydrogens (tertiary/aromatic N) is 1. The third kappa shape index (κ3) is 2.62. The second-order valence-electron chi connectivity index (χ2n) is 2.40. The fourth-order valence-electron chi connectivity index (χ4n) is 0.773. The molecule has 0 aliphatic carbocycles. The lowest BCUT2D eigenvalue weighted by Crippen LogP contribution is -2.22. The van der Waals surface area contributed by atoms with Crippen LogP contribution in [0, 0.1) is 0 Å². The van der Waals surface area contributed by atoms with E-state index in [1.807, 2.05) is 6.92 Å². The maximum absolute atomic E-state index is 8.88. The third-order valence-electron chi connectivity index (χ3n) is 1.52.